The number of para-hydroxylation sites is 10. The van der Waals surface area contributed by atoms with Crippen molar-refractivity contribution < 1.29 is 0 Å². The van der Waals surface area contributed by atoms with Crippen LogP contribution in [0.15, 0.2) is 352 Å². The summed E-state index contributed by atoms with van der Waals surface area (Å²) in [6, 6.07) is 125. The molecule has 0 fully saturated rings. The monoisotopic (exact) mass is 1180 g/mol. The first-order valence-corrected chi connectivity index (χ1v) is 31.1. The maximum Gasteiger partial charge on any atom is 0.116 e. The molecule has 0 amide bonds. The van der Waals surface area contributed by atoms with E-state index in [9.17, 15) is 0 Å². The molecule has 0 aliphatic rings. The van der Waals surface area contributed by atoms with Gasteiger partial charge in [-0.2, -0.15) is 0 Å². The van der Waals surface area contributed by atoms with Crippen molar-refractivity contribution in [3.63, 3.8) is 0 Å². The number of hydrogen-bond donors (Lipinski definition) is 0. The zero-order chi connectivity index (χ0) is 60.9. The molecule has 0 saturated carbocycles. The summed E-state index contributed by atoms with van der Waals surface area (Å²) < 4.78 is 4.82. The lowest BCUT2D eigenvalue weighted by Crippen LogP contribution is -2.09. The molecule has 3 heterocycles. The summed E-state index contributed by atoms with van der Waals surface area (Å²) in [5, 5.41) is 4.38. The standard InChI is InChI=1S/C84H58N8/c1-9-27-59(28-10-1)87(60-29-11-2-12-30-60)67-45-49-77-71(55-67)72-56-68(88(61-31-13-3-14-32-61)62-33-15-4-16-34-62)46-50-78(72)91(77)81-53-54-82(84-83(81)85-75-43-25-26-44-76(75)86-84)92-79-51-47-69(89(63-35-17-5-18-36-63)64-37-19-6-20-38-64)57-73(79)74-58-70(48-52-80(74)92)90(65-39-21-7-22-40-65)66-41-23-8-24-42-66/h1-58H. The molecule has 92 heavy (non-hydrogen) atoms. The highest BCUT2D eigenvalue weighted by Gasteiger charge is 2.26. The van der Waals surface area contributed by atoms with Gasteiger partial charge in [-0.1, -0.05) is 158 Å². The minimum atomic E-state index is 0.778. The lowest BCUT2D eigenvalue weighted by atomic mass is 10.1. The molecule has 434 valence electrons. The zero-order valence-corrected chi connectivity index (χ0v) is 50.1. The van der Waals surface area contributed by atoms with Gasteiger partial charge >= 0.3 is 0 Å². The van der Waals surface area contributed by atoms with Crippen molar-refractivity contribution in [3.8, 4) is 11.4 Å². The number of rotatable bonds is 14. The van der Waals surface area contributed by atoms with Gasteiger partial charge < -0.3 is 28.7 Å². The van der Waals surface area contributed by atoms with Gasteiger partial charge in [0, 0.05) is 89.8 Å². The van der Waals surface area contributed by atoms with E-state index in [1.807, 2.05) is 0 Å². The molecule has 8 nitrogen and oxygen atoms in total. The van der Waals surface area contributed by atoms with Crippen molar-refractivity contribution in [1.29, 1.82) is 0 Å². The van der Waals surface area contributed by atoms with E-state index in [0.29, 0.717) is 0 Å². The molecule has 0 saturated heterocycles. The fourth-order valence-electron chi connectivity index (χ4n) is 13.5. The summed E-state index contributed by atoms with van der Waals surface area (Å²) in [7, 11) is 0. The SMILES string of the molecule is c1ccc(N(c2ccccc2)c2ccc3c(c2)c2cc(N(c4ccccc4)c4ccccc4)ccc2n3-c2ccc(-n3c4ccc(N(c5ccccc5)c5ccccc5)cc4c4cc(N(c5ccccc5)c5ccccc5)ccc43)c3nc4ccccc4nc23)cc1. The Balaban J connectivity index is 0.927. The predicted octanol–water partition coefficient (Wildman–Crippen LogP) is 22.9. The number of nitrogens with zero attached hydrogens (tertiary/aromatic N) is 8. The molecule has 8 heteroatoms. The van der Waals surface area contributed by atoms with Gasteiger partial charge in [0.1, 0.15) is 11.0 Å². The molecule has 0 spiro atoms. The fourth-order valence-corrected chi connectivity index (χ4v) is 13.5. The summed E-state index contributed by atoms with van der Waals surface area (Å²) in [5.74, 6) is 0. The Bertz CT molecular complexity index is 4730. The van der Waals surface area contributed by atoms with Crippen molar-refractivity contribution in [2.45, 2.75) is 0 Å². The van der Waals surface area contributed by atoms with Crippen molar-refractivity contribution in [2.24, 2.45) is 0 Å². The average molecular weight is 1180 g/mol. The average Bonchev–Trinajstić information content (AvgIpc) is 1.56. The molecule has 14 aromatic carbocycles. The van der Waals surface area contributed by atoms with Crippen molar-refractivity contribution in [2.75, 3.05) is 19.6 Å². The molecule has 17 rings (SSSR count). The molecular formula is C84H58N8. The van der Waals surface area contributed by atoms with Crippen LogP contribution in [-0.4, -0.2) is 19.1 Å². The van der Waals surface area contributed by atoms with Gasteiger partial charge in [-0.25, -0.2) is 9.97 Å². The second-order valence-electron chi connectivity index (χ2n) is 23.0. The second kappa shape index (κ2) is 22.9. The minimum absolute atomic E-state index is 0.778. The minimum Gasteiger partial charge on any atom is -0.310 e. The molecule has 0 N–H and O–H groups in total. The Hall–Kier alpha value is -12.5. The van der Waals surface area contributed by atoms with Gasteiger partial charge in [0.05, 0.1) is 44.5 Å². The van der Waals surface area contributed by atoms with Crippen LogP contribution in [0.25, 0.3) is 77.1 Å². The second-order valence-corrected chi connectivity index (χ2v) is 23.0. The number of aromatic nitrogens is 4. The van der Waals surface area contributed by atoms with E-state index in [0.717, 1.165) is 145 Å². The Morgan fingerprint density at radius 1 is 0.185 bits per heavy atom. The van der Waals surface area contributed by atoms with E-state index >= 15 is 0 Å². The van der Waals surface area contributed by atoms with E-state index in [-0.39, 0.29) is 0 Å². The normalized spacial score (nSPS) is 11.5. The quantitative estimate of drug-likeness (QED) is 0.101. The molecule has 0 unspecified atom stereocenters. The molecule has 0 bridgehead atoms. The highest BCUT2D eigenvalue weighted by molar-refractivity contribution is 6.16. The highest BCUT2D eigenvalue weighted by atomic mass is 15.2. The number of fused-ring (bicyclic) bond motifs is 8. The third kappa shape index (κ3) is 9.41. The van der Waals surface area contributed by atoms with Crippen LogP contribution in [0.5, 0.6) is 0 Å². The maximum atomic E-state index is 5.71. The van der Waals surface area contributed by atoms with Crippen molar-refractivity contribution in [3.05, 3.63) is 352 Å². The third-order valence-electron chi connectivity index (χ3n) is 17.5. The van der Waals surface area contributed by atoms with Crippen LogP contribution in [0.3, 0.4) is 0 Å². The Kier molecular flexibility index (Phi) is 13.4. The van der Waals surface area contributed by atoms with Crippen molar-refractivity contribution >= 4 is 134 Å². The van der Waals surface area contributed by atoms with Crippen molar-refractivity contribution in [1.82, 2.24) is 19.1 Å². The highest BCUT2D eigenvalue weighted by Crippen LogP contribution is 2.47. The largest absolute Gasteiger partial charge is 0.310 e. The van der Waals surface area contributed by atoms with Crippen LogP contribution in [0.1, 0.15) is 0 Å². The van der Waals surface area contributed by atoms with Gasteiger partial charge in [-0.3, -0.25) is 0 Å². The lowest BCUT2D eigenvalue weighted by molar-refractivity contribution is 1.15. The summed E-state index contributed by atoms with van der Waals surface area (Å²) in [6.45, 7) is 0. The summed E-state index contributed by atoms with van der Waals surface area (Å²) in [6.07, 6.45) is 0. The van der Waals surface area contributed by atoms with E-state index in [1.165, 1.54) is 0 Å². The first-order valence-electron chi connectivity index (χ1n) is 31.1. The first-order chi connectivity index (χ1) is 45.7. The van der Waals surface area contributed by atoms with Crippen LogP contribution in [0, 0.1) is 0 Å². The summed E-state index contributed by atoms with van der Waals surface area (Å²) >= 11 is 0. The van der Waals surface area contributed by atoms with E-state index in [4.69, 9.17) is 9.97 Å². The molecule has 0 radical (unpaired) electrons. The Labute approximate surface area is 532 Å². The van der Waals surface area contributed by atoms with E-state index in [1.54, 1.807) is 0 Å². The van der Waals surface area contributed by atoms with Crippen LogP contribution in [-0.2, 0) is 0 Å². The van der Waals surface area contributed by atoms with Gasteiger partial charge in [0.15, 0.2) is 0 Å². The van der Waals surface area contributed by atoms with Crippen LogP contribution in [0.4, 0.5) is 68.2 Å². The molecule has 0 aliphatic heterocycles. The maximum absolute atomic E-state index is 5.71. The summed E-state index contributed by atoms with van der Waals surface area (Å²) in [5.41, 5.74) is 21.9. The Morgan fingerprint density at radius 2 is 0.380 bits per heavy atom. The topological polar surface area (TPSA) is 48.6 Å². The molecular weight excluding hydrogens is 1120 g/mol. The predicted molar refractivity (Wildman–Crippen MR) is 384 cm³/mol. The molecule has 17 aromatic rings. The Morgan fingerprint density at radius 3 is 0.587 bits per heavy atom. The van der Waals surface area contributed by atoms with E-state index < -0.39 is 0 Å². The first kappa shape index (κ1) is 53.7. The molecule has 0 atom stereocenters. The van der Waals surface area contributed by atoms with Gasteiger partial charge in [0.25, 0.3) is 0 Å². The van der Waals surface area contributed by atoms with Gasteiger partial charge in [-0.05, 0) is 194 Å². The number of anilines is 12. The summed E-state index contributed by atoms with van der Waals surface area (Å²) in [4.78, 5) is 20.8. The fraction of sp³-hybridized carbons (Fsp3) is 0. The third-order valence-corrected chi connectivity index (χ3v) is 17.5. The van der Waals surface area contributed by atoms with Crippen LogP contribution < -0.4 is 19.6 Å². The van der Waals surface area contributed by atoms with Crippen LogP contribution >= 0.6 is 0 Å². The molecule has 3 aromatic heterocycles. The van der Waals surface area contributed by atoms with Crippen LogP contribution in [0.2, 0.25) is 0 Å². The van der Waals surface area contributed by atoms with Gasteiger partial charge in [-0.15, -0.1) is 0 Å². The van der Waals surface area contributed by atoms with E-state index in [2.05, 4.69) is 381 Å². The lowest BCUT2D eigenvalue weighted by Gasteiger charge is -2.26. The van der Waals surface area contributed by atoms with Gasteiger partial charge in [0.2, 0.25) is 0 Å². The smallest absolute Gasteiger partial charge is 0.116 e. The zero-order valence-electron chi connectivity index (χ0n) is 50.1. The number of hydrogen-bond acceptors (Lipinski definition) is 6. The number of benzene rings is 14. The molecule has 0 aliphatic carbocycles.